The molecule has 2 bridgehead atoms. The Bertz CT molecular complexity index is 1290. The Morgan fingerprint density at radius 1 is 1.09 bits per heavy atom. The lowest BCUT2D eigenvalue weighted by molar-refractivity contribution is 0.342. The van der Waals surface area contributed by atoms with Gasteiger partial charge in [0.1, 0.15) is 5.75 Å². The average molecular weight is 447 g/mol. The van der Waals surface area contributed by atoms with E-state index in [2.05, 4.69) is 56.9 Å². The monoisotopic (exact) mass is 446 g/mol. The number of methoxy groups -OCH3 is 1. The van der Waals surface area contributed by atoms with Crippen LogP contribution in [-0.4, -0.2) is 33.8 Å². The highest BCUT2D eigenvalue weighted by molar-refractivity contribution is 5.79. The first kappa shape index (κ1) is 21.8. The number of pyridine rings is 1. The Morgan fingerprint density at radius 2 is 1.82 bits per heavy atom. The molecule has 0 spiro atoms. The lowest BCUT2D eigenvalue weighted by Crippen LogP contribution is -2.49. The van der Waals surface area contributed by atoms with Crippen LogP contribution in [0.2, 0.25) is 0 Å². The molecule has 0 amide bonds. The zero-order valence-electron chi connectivity index (χ0n) is 20.6. The lowest BCUT2D eigenvalue weighted by Gasteiger charge is -2.48. The van der Waals surface area contributed by atoms with Gasteiger partial charge in [-0.25, -0.2) is 9.78 Å². The van der Waals surface area contributed by atoms with Gasteiger partial charge in [0.05, 0.1) is 24.4 Å². The van der Waals surface area contributed by atoms with Crippen molar-refractivity contribution in [1.29, 1.82) is 0 Å². The highest BCUT2D eigenvalue weighted by Crippen LogP contribution is 2.45. The molecule has 2 unspecified atom stereocenters. The number of imidazole rings is 1. The van der Waals surface area contributed by atoms with Gasteiger partial charge in [0.2, 0.25) is 0 Å². The Kier molecular flexibility index (Phi) is 5.15. The summed E-state index contributed by atoms with van der Waals surface area (Å²) in [7, 11) is 3.54. The fraction of sp³-hybridized carbons (Fsp3) is 0.481. The smallest absolute Gasteiger partial charge is 0.330 e. The predicted molar refractivity (Wildman–Crippen MR) is 134 cm³/mol. The van der Waals surface area contributed by atoms with Gasteiger partial charge in [0.25, 0.3) is 0 Å². The molecule has 33 heavy (non-hydrogen) atoms. The number of fused-ring (bicyclic) bond motifs is 3. The van der Waals surface area contributed by atoms with Gasteiger partial charge in [0, 0.05) is 31.7 Å². The fourth-order valence-corrected chi connectivity index (χ4v) is 5.68. The van der Waals surface area contributed by atoms with Gasteiger partial charge in [-0.05, 0) is 72.7 Å². The summed E-state index contributed by atoms with van der Waals surface area (Å²) >= 11 is 0. The first-order valence-electron chi connectivity index (χ1n) is 11.9. The van der Waals surface area contributed by atoms with Crippen LogP contribution in [0.3, 0.4) is 0 Å². The second kappa shape index (κ2) is 7.79. The molecule has 0 radical (unpaired) electrons. The summed E-state index contributed by atoms with van der Waals surface area (Å²) in [6.07, 6.45) is 2.34. The first-order valence-corrected chi connectivity index (χ1v) is 11.9. The third kappa shape index (κ3) is 3.65. The zero-order valence-corrected chi connectivity index (χ0v) is 20.6. The number of nitrogens with zero attached hydrogens (tertiary/aromatic N) is 4. The van der Waals surface area contributed by atoms with Crippen LogP contribution < -0.4 is 15.3 Å². The fourth-order valence-electron chi connectivity index (χ4n) is 5.68. The summed E-state index contributed by atoms with van der Waals surface area (Å²) in [4.78, 5) is 20.5. The van der Waals surface area contributed by atoms with Gasteiger partial charge in [-0.15, -0.1) is 0 Å². The molecule has 2 aliphatic heterocycles. The number of aromatic nitrogens is 3. The topological polar surface area (TPSA) is 52.3 Å². The average Bonchev–Trinajstić information content (AvgIpc) is 3.02. The van der Waals surface area contributed by atoms with Crippen LogP contribution in [0.4, 0.5) is 5.69 Å². The molecular weight excluding hydrogens is 412 g/mol. The minimum atomic E-state index is 0.00567. The summed E-state index contributed by atoms with van der Waals surface area (Å²) in [5.41, 5.74) is 6.75. The van der Waals surface area contributed by atoms with Crippen molar-refractivity contribution in [3.05, 3.63) is 58.1 Å². The standard InChI is InChI=1S/C27H34N4O2/c1-17-22-13-7-18(15-30(22)19-8-10-20(33-6)11-9-19)24(17)21-12-14-23-25(28-21)29(5)26(32)31(23)16-27(2,3)4/h8-12,14,18,22H,7,13,15-16H2,1-6H3. The van der Waals surface area contributed by atoms with Gasteiger partial charge in [0.15, 0.2) is 5.65 Å². The van der Waals surface area contributed by atoms with Gasteiger partial charge < -0.3 is 9.64 Å². The summed E-state index contributed by atoms with van der Waals surface area (Å²) < 4.78 is 8.90. The normalized spacial score (nSPS) is 20.7. The van der Waals surface area contributed by atoms with Crippen LogP contribution in [0.25, 0.3) is 16.7 Å². The molecule has 1 aromatic carbocycles. The number of piperidine rings is 1. The molecule has 6 rings (SSSR count). The van der Waals surface area contributed by atoms with Crippen LogP contribution in [0, 0.1) is 11.3 Å². The molecule has 0 N–H and O–H groups in total. The number of aryl methyl sites for hydroxylation is 1. The Hall–Kier alpha value is -3.02. The van der Waals surface area contributed by atoms with Crippen molar-refractivity contribution in [3.63, 3.8) is 0 Å². The van der Waals surface area contributed by atoms with E-state index in [-0.39, 0.29) is 11.1 Å². The maximum Gasteiger partial charge on any atom is 0.330 e. The summed E-state index contributed by atoms with van der Waals surface area (Å²) in [6, 6.07) is 13.0. The SMILES string of the molecule is COc1ccc(N2CC3CCC2C(C)=C3c2ccc3c(n2)n(C)c(=O)n3CC(C)(C)C)cc1. The van der Waals surface area contributed by atoms with E-state index in [4.69, 9.17) is 9.72 Å². The van der Waals surface area contributed by atoms with Crippen molar-refractivity contribution in [1.82, 2.24) is 14.1 Å². The molecule has 6 heteroatoms. The van der Waals surface area contributed by atoms with Crippen LogP contribution in [0.1, 0.15) is 46.2 Å². The van der Waals surface area contributed by atoms with E-state index >= 15 is 0 Å². The number of ether oxygens (including phenoxy) is 1. The van der Waals surface area contributed by atoms with Crippen molar-refractivity contribution in [2.45, 2.75) is 53.1 Å². The Morgan fingerprint density at radius 3 is 2.45 bits per heavy atom. The number of benzene rings is 1. The molecule has 3 aromatic rings. The summed E-state index contributed by atoms with van der Waals surface area (Å²) in [5, 5.41) is 0. The molecule has 1 aliphatic carbocycles. The van der Waals surface area contributed by atoms with E-state index in [1.807, 2.05) is 23.7 Å². The maximum atomic E-state index is 12.9. The van der Waals surface area contributed by atoms with Gasteiger partial charge >= 0.3 is 5.69 Å². The minimum absolute atomic E-state index is 0.00567. The second-order valence-corrected chi connectivity index (χ2v) is 10.8. The highest BCUT2D eigenvalue weighted by Gasteiger charge is 2.39. The van der Waals surface area contributed by atoms with Crippen molar-refractivity contribution in [3.8, 4) is 5.75 Å². The van der Waals surface area contributed by atoms with Gasteiger partial charge in [-0.1, -0.05) is 20.8 Å². The molecule has 2 aromatic heterocycles. The third-order valence-corrected chi connectivity index (χ3v) is 7.21. The van der Waals surface area contributed by atoms with E-state index < -0.39 is 0 Å². The molecule has 0 saturated carbocycles. The summed E-state index contributed by atoms with van der Waals surface area (Å²) in [5.74, 6) is 1.33. The van der Waals surface area contributed by atoms with Crippen molar-refractivity contribution >= 4 is 22.4 Å². The quantitative estimate of drug-likeness (QED) is 0.574. The van der Waals surface area contributed by atoms with E-state index in [0.29, 0.717) is 18.5 Å². The molecule has 174 valence electrons. The molecule has 1 saturated heterocycles. The molecule has 1 fully saturated rings. The summed E-state index contributed by atoms with van der Waals surface area (Å²) in [6.45, 7) is 10.4. The van der Waals surface area contributed by atoms with E-state index in [0.717, 1.165) is 35.6 Å². The van der Waals surface area contributed by atoms with Crippen molar-refractivity contribution in [2.75, 3.05) is 18.6 Å². The highest BCUT2D eigenvalue weighted by atomic mass is 16.5. The Labute approximate surface area is 195 Å². The number of hydrogen-bond acceptors (Lipinski definition) is 4. The van der Waals surface area contributed by atoms with Crippen LogP contribution >= 0.6 is 0 Å². The second-order valence-electron chi connectivity index (χ2n) is 10.8. The van der Waals surface area contributed by atoms with Crippen molar-refractivity contribution < 1.29 is 4.74 Å². The van der Waals surface area contributed by atoms with Gasteiger partial charge in [-0.2, -0.15) is 0 Å². The van der Waals surface area contributed by atoms with Crippen LogP contribution in [-0.2, 0) is 13.6 Å². The first-order chi connectivity index (χ1) is 15.7. The van der Waals surface area contributed by atoms with E-state index in [9.17, 15) is 4.79 Å². The van der Waals surface area contributed by atoms with Crippen molar-refractivity contribution in [2.24, 2.45) is 18.4 Å². The molecule has 3 aliphatic rings. The zero-order chi connectivity index (χ0) is 23.5. The van der Waals surface area contributed by atoms with E-state index in [1.165, 1.54) is 23.3 Å². The third-order valence-electron chi connectivity index (χ3n) is 7.21. The number of anilines is 1. The molecule has 6 nitrogen and oxygen atoms in total. The van der Waals surface area contributed by atoms with Crippen LogP contribution in [0.15, 0.2) is 46.8 Å². The number of hydrogen-bond donors (Lipinski definition) is 0. The molecule has 2 atom stereocenters. The van der Waals surface area contributed by atoms with Gasteiger partial charge in [-0.3, -0.25) is 9.13 Å². The predicted octanol–water partition coefficient (Wildman–Crippen LogP) is 4.86. The van der Waals surface area contributed by atoms with E-state index in [1.54, 1.807) is 11.7 Å². The molecular formula is C27H34N4O2. The van der Waals surface area contributed by atoms with Crippen LogP contribution in [0.5, 0.6) is 5.75 Å². The Balaban J connectivity index is 1.54. The maximum absolute atomic E-state index is 12.9. The lowest BCUT2D eigenvalue weighted by atomic mass is 9.73. The minimum Gasteiger partial charge on any atom is -0.497 e. The molecule has 4 heterocycles. The largest absolute Gasteiger partial charge is 0.497 e. The number of rotatable bonds is 4.